The van der Waals surface area contributed by atoms with E-state index in [1.54, 1.807) is 24.3 Å². The van der Waals surface area contributed by atoms with Crippen molar-refractivity contribution in [3.8, 4) is 0 Å². The molecule has 2 aliphatic rings. The van der Waals surface area contributed by atoms with E-state index in [0.29, 0.717) is 34.8 Å². The monoisotopic (exact) mass is 388 g/mol. The van der Waals surface area contributed by atoms with Crippen molar-refractivity contribution in [3.63, 3.8) is 0 Å². The van der Waals surface area contributed by atoms with Crippen LogP contribution in [0.25, 0.3) is 0 Å². The summed E-state index contributed by atoms with van der Waals surface area (Å²) in [6.07, 6.45) is 2.46. The van der Waals surface area contributed by atoms with Crippen molar-refractivity contribution < 1.29 is 4.79 Å². The Labute approximate surface area is 160 Å². The van der Waals surface area contributed by atoms with Gasteiger partial charge in [0.15, 0.2) is 5.11 Å². The molecule has 2 atom stereocenters. The van der Waals surface area contributed by atoms with Gasteiger partial charge >= 0.3 is 0 Å². The number of piperidine rings is 1. The van der Waals surface area contributed by atoms with Crippen LogP contribution >= 0.6 is 23.8 Å². The summed E-state index contributed by atoms with van der Waals surface area (Å²) in [6.45, 7) is 2.12. The summed E-state index contributed by atoms with van der Waals surface area (Å²) in [6, 6.07) is 8.60. The lowest BCUT2D eigenvalue weighted by Gasteiger charge is -2.43. The molecule has 0 saturated carbocycles. The number of carbonyl (C=O) groups excluding carboxylic acids is 1. The zero-order valence-electron chi connectivity index (χ0n) is 13.9. The van der Waals surface area contributed by atoms with Crippen molar-refractivity contribution >= 4 is 34.8 Å². The van der Waals surface area contributed by atoms with Crippen molar-refractivity contribution in [2.24, 2.45) is 5.92 Å². The van der Waals surface area contributed by atoms with E-state index in [0.717, 1.165) is 18.7 Å². The Morgan fingerprint density at radius 3 is 2.85 bits per heavy atom. The summed E-state index contributed by atoms with van der Waals surface area (Å²) in [5.74, 6) is 0.281. The number of amides is 1. The van der Waals surface area contributed by atoms with Gasteiger partial charge in [-0.25, -0.2) is 4.98 Å². The SMILES string of the molecule is O=C(NC(=S)N1CC2CC(C1)c1cccc(=O)n1C2)c1ccc(Cl)nc1. The maximum absolute atomic E-state index is 12.3. The summed E-state index contributed by atoms with van der Waals surface area (Å²) in [7, 11) is 0. The van der Waals surface area contributed by atoms with Gasteiger partial charge in [-0.3, -0.25) is 14.9 Å². The molecule has 4 heterocycles. The molecule has 0 radical (unpaired) electrons. The number of thiocarbonyl (C=S) groups is 1. The van der Waals surface area contributed by atoms with E-state index in [4.69, 9.17) is 23.8 Å². The molecule has 1 saturated heterocycles. The molecule has 2 unspecified atom stereocenters. The number of rotatable bonds is 1. The lowest BCUT2D eigenvalue weighted by atomic mass is 9.83. The van der Waals surface area contributed by atoms with Gasteiger partial charge in [0.2, 0.25) is 0 Å². The van der Waals surface area contributed by atoms with Gasteiger partial charge in [-0.15, -0.1) is 0 Å². The fraction of sp³-hybridized carbons (Fsp3) is 0.333. The second-order valence-corrected chi connectivity index (χ2v) is 7.51. The van der Waals surface area contributed by atoms with E-state index in [1.807, 2.05) is 15.5 Å². The topological polar surface area (TPSA) is 67.2 Å². The van der Waals surface area contributed by atoms with Crippen LogP contribution in [0.2, 0.25) is 5.15 Å². The maximum atomic E-state index is 12.3. The van der Waals surface area contributed by atoms with E-state index in [2.05, 4.69) is 10.3 Å². The molecule has 0 aliphatic carbocycles. The molecular weight excluding hydrogens is 372 g/mol. The van der Waals surface area contributed by atoms with Crippen molar-refractivity contribution in [2.75, 3.05) is 13.1 Å². The average molecular weight is 389 g/mol. The number of likely N-dealkylation sites (tertiary alicyclic amines) is 1. The predicted octanol–water partition coefficient (Wildman–Crippen LogP) is 2.03. The number of nitrogens with one attached hydrogen (secondary N) is 1. The fourth-order valence-electron chi connectivity index (χ4n) is 3.82. The Bertz CT molecular complexity index is 928. The van der Waals surface area contributed by atoms with Gasteiger partial charge in [-0.1, -0.05) is 17.7 Å². The first-order chi connectivity index (χ1) is 12.5. The Balaban J connectivity index is 1.48. The highest BCUT2D eigenvalue weighted by molar-refractivity contribution is 7.80. The minimum atomic E-state index is -0.300. The molecule has 2 aromatic heterocycles. The third-order valence-corrected chi connectivity index (χ3v) is 5.56. The molecule has 2 bridgehead atoms. The molecule has 1 fully saturated rings. The first-order valence-corrected chi connectivity index (χ1v) is 9.21. The van der Waals surface area contributed by atoms with Gasteiger partial charge in [0, 0.05) is 43.5 Å². The molecule has 4 rings (SSSR count). The lowest BCUT2D eigenvalue weighted by molar-refractivity contribution is 0.0967. The molecule has 2 aromatic rings. The van der Waals surface area contributed by atoms with Crippen LogP contribution in [0.1, 0.15) is 28.4 Å². The zero-order valence-corrected chi connectivity index (χ0v) is 15.5. The second kappa shape index (κ2) is 6.81. The Kier molecular flexibility index (Phi) is 4.50. The number of hydrogen-bond acceptors (Lipinski definition) is 4. The Morgan fingerprint density at radius 2 is 2.08 bits per heavy atom. The van der Waals surface area contributed by atoms with Crippen molar-refractivity contribution in [1.82, 2.24) is 19.8 Å². The van der Waals surface area contributed by atoms with Gasteiger partial charge < -0.3 is 9.47 Å². The number of aromatic nitrogens is 2. The first-order valence-electron chi connectivity index (χ1n) is 8.43. The number of pyridine rings is 2. The van der Waals surface area contributed by atoms with E-state index >= 15 is 0 Å². The quantitative estimate of drug-likeness (QED) is 0.598. The van der Waals surface area contributed by atoms with Crippen molar-refractivity contribution in [1.29, 1.82) is 0 Å². The normalized spacial score (nSPS) is 21.0. The molecule has 0 spiro atoms. The van der Waals surface area contributed by atoms with Crippen LogP contribution in [0.5, 0.6) is 0 Å². The van der Waals surface area contributed by atoms with E-state index in [-0.39, 0.29) is 17.4 Å². The maximum Gasteiger partial charge on any atom is 0.258 e. The first kappa shape index (κ1) is 17.2. The Hall–Kier alpha value is -2.25. The van der Waals surface area contributed by atoms with Crippen LogP contribution in [-0.2, 0) is 6.54 Å². The molecule has 2 aliphatic heterocycles. The second-order valence-electron chi connectivity index (χ2n) is 6.73. The number of halogens is 1. The van der Waals surface area contributed by atoms with E-state index in [1.165, 1.54) is 6.20 Å². The molecule has 1 amide bonds. The van der Waals surface area contributed by atoms with Crippen LogP contribution in [-0.4, -0.2) is 38.6 Å². The minimum Gasteiger partial charge on any atom is -0.348 e. The summed E-state index contributed by atoms with van der Waals surface area (Å²) in [4.78, 5) is 30.4. The summed E-state index contributed by atoms with van der Waals surface area (Å²) in [5.41, 5.74) is 1.51. The summed E-state index contributed by atoms with van der Waals surface area (Å²) in [5, 5.41) is 3.52. The summed E-state index contributed by atoms with van der Waals surface area (Å²) < 4.78 is 1.87. The van der Waals surface area contributed by atoms with E-state index in [9.17, 15) is 9.59 Å². The standard InChI is InChI=1S/C18H17ClN4O2S/c19-15-5-4-12(7-20-15)17(25)21-18(26)22-8-11-6-13(10-22)14-2-1-3-16(24)23(14)9-11/h1-5,7,11,13H,6,8-10H2,(H,21,25,26). The highest BCUT2D eigenvalue weighted by atomic mass is 35.5. The molecule has 8 heteroatoms. The molecule has 6 nitrogen and oxygen atoms in total. The smallest absolute Gasteiger partial charge is 0.258 e. The summed E-state index contributed by atoms with van der Waals surface area (Å²) >= 11 is 11.2. The molecule has 0 aromatic carbocycles. The van der Waals surface area contributed by atoms with Crippen LogP contribution in [0.15, 0.2) is 41.3 Å². The zero-order chi connectivity index (χ0) is 18.3. The van der Waals surface area contributed by atoms with Gasteiger partial charge in [0.25, 0.3) is 11.5 Å². The molecule has 26 heavy (non-hydrogen) atoms. The van der Waals surface area contributed by atoms with Crippen LogP contribution < -0.4 is 10.9 Å². The fourth-order valence-corrected chi connectivity index (χ4v) is 4.17. The van der Waals surface area contributed by atoms with Crippen molar-refractivity contribution in [3.05, 3.63) is 63.3 Å². The highest BCUT2D eigenvalue weighted by Gasteiger charge is 2.35. The van der Waals surface area contributed by atoms with Crippen LogP contribution in [0, 0.1) is 5.92 Å². The van der Waals surface area contributed by atoms with Crippen LogP contribution in [0.4, 0.5) is 0 Å². The molecule has 134 valence electrons. The minimum absolute atomic E-state index is 0.0526. The van der Waals surface area contributed by atoms with Gasteiger partial charge in [-0.2, -0.15) is 0 Å². The lowest BCUT2D eigenvalue weighted by Crippen LogP contribution is -2.52. The van der Waals surface area contributed by atoms with Gasteiger partial charge in [0.05, 0.1) is 5.56 Å². The van der Waals surface area contributed by atoms with Crippen molar-refractivity contribution in [2.45, 2.75) is 18.9 Å². The van der Waals surface area contributed by atoms with Crippen LogP contribution in [0.3, 0.4) is 0 Å². The van der Waals surface area contributed by atoms with Gasteiger partial charge in [0.1, 0.15) is 5.15 Å². The van der Waals surface area contributed by atoms with E-state index < -0.39 is 0 Å². The Morgan fingerprint density at radius 1 is 1.23 bits per heavy atom. The largest absolute Gasteiger partial charge is 0.348 e. The third-order valence-electron chi connectivity index (χ3n) is 4.98. The predicted molar refractivity (Wildman–Crippen MR) is 102 cm³/mol. The molecular formula is C18H17ClN4O2S. The highest BCUT2D eigenvalue weighted by Crippen LogP contribution is 2.34. The molecule has 1 N–H and O–H groups in total. The average Bonchev–Trinajstić information content (AvgIpc) is 2.63. The number of carbonyl (C=O) groups is 1. The number of nitrogens with zero attached hydrogens (tertiary/aromatic N) is 3. The van der Waals surface area contributed by atoms with Gasteiger partial charge in [-0.05, 0) is 42.8 Å². The number of fused-ring (bicyclic) bond motifs is 4. The third kappa shape index (κ3) is 3.24. The number of hydrogen-bond donors (Lipinski definition) is 1.